The molecular formula is C17H20ClNO2. The third-order valence-electron chi connectivity index (χ3n) is 3.19. The van der Waals surface area contributed by atoms with Crippen molar-refractivity contribution in [2.75, 3.05) is 12.8 Å². The standard InChI is InChI=1S/C17H20ClNO2/c1-17(2,3)13-10-12(20-4)6-8-15(13)21-16-7-5-11(18)9-14(16)19/h5-10H,19H2,1-4H3. The van der Waals surface area contributed by atoms with Gasteiger partial charge in [-0.1, -0.05) is 32.4 Å². The second-order valence-electron chi connectivity index (χ2n) is 5.90. The van der Waals surface area contributed by atoms with Gasteiger partial charge in [0, 0.05) is 10.6 Å². The van der Waals surface area contributed by atoms with Crippen LogP contribution < -0.4 is 15.2 Å². The molecule has 112 valence electrons. The second kappa shape index (κ2) is 5.86. The third-order valence-corrected chi connectivity index (χ3v) is 3.42. The Morgan fingerprint density at radius 2 is 1.67 bits per heavy atom. The highest BCUT2D eigenvalue weighted by atomic mass is 35.5. The fraction of sp³-hybridized carbons (Fsp3) is 0.294. The first kappa shape index (κ1) is 15.5. The maximum atomic E-state index is 5.98. The number of ether oxygens (including phenoxy) is 2. The second-order valence-corrected chi connectivity index (χ2v) is 6.33. The van der Waals surface area contributed by atoms with E-state index < -0.39 is 0 Å². The number of hydrogen-bond donors (Lipinski definition) is 1. The van der Waals surface area contributed by atoms with Crippen molar-refractivity contribution >= 4 is 17.3 Å². The van der Waals surface area contributed by atoms with Crippen LogP contribution in [0, 0.1) is 0 Å². The summed E-state index contributed by atoms with van der Waals surface area (Å²) < 4.78 is 11.3. The Hall–Kier alpha value is -1.87. The first-order valence-corrected chi connectivity index (χ1v) is 7.10. The molecule has 0 unspecified atom stereocenters. The Morgan fingerprint density at radius 1 is 1.00 bits per heavy atom. The maximum absolute atomic E-state index is 5.98. The van der Waals surface area contributed by atoms with Gasteiger partial charge in [-0.3, -0.25) is 0 Å². The molecule has 4 heteroatoms. The fourth-order valence-corrected chi connectivity index (χ4v) is 2.22. The van der Waals surface area contributed by atoms with E-state index in [1.54, 1.807) is 25.3 Å². The minimum absolute atomic E-state index is 0.0783. The van der Waals surface area contributed by atoms with Crippen LogP contribution in [-0.4, -0.2) is 7.11 Å². The quantitative estimate of drug-likeness (QED) is 0.810. The van der Waals surface area contributed by atoms with Crippen LogP contribution in [-0.2, 0) is 5.41 Å². The van der Waals surface area contributed by atoms with Gasteiger partial charge in [0.05, 0.1) is 12.8 Å². The largest absolute Gasteiger partial charge is 0.497 e. The van der Waals surface area contributed by atoms with E-state index in [4.69, 9.17) is 26.8 Å². The molecule has 2 aromatic rings. The summed E-state index contributed by atoms with van der Waals surface area (Å²) in [6, 6.07) is 11.0. The monoisotopic (exact) mass is 305 g/mol. The van der Waals surface area contributed by atoms with Crippen LogP contribution in [0.5, 0.6) is 17.2 Å². The molecule has 0 fully saturated rings. The van der Waals surface area contributed by atoms with Crippen LogP contribution in [0.4, 0.5) is 5.69 Å². The van der Waals surface area contributed by atoms with E-state index in [1.807, 2.05) is 18.2 Å². The maximum Gasteiger partial charge on any atom is 0.150 e. The zero-order valence-corrected chi connectivity index (χ0v) is 13.5. The molecule has 21 heavy (non-hydrogen) atoms. The van der Waals surface area contributed by atoms with Gasteiger partial charge in [-0.2, -0.15) is 0 Å². The highest BCUT2D eigenvalue weighted by molar-refractivity contribution is 6.30. The number of rotatable bonds is 3. The molecule has 0 aliphatic carbocycles. The summed E-state index contributed by atoms with van der Waals surface area (Å²) in [5.41, 5.74) is 7.44. The number of anilines is 1. The minimum Gasteiger partial charge on any atom is -0.497 e. The third kappa shape index (κ3) is 3.61. The van der Waals surface area contributed by atoms with Gasteiger partial charge in [0.1, 0.15) is 17.2 Å². The Balaban J connectivity index is 2.44. The predicted molar refractivity (Wildman–Crippen MR) is 87.6 cm³/mol. The average Bonchev–Trinajstić information content (AvgIpc) is 2.41. The number of methoxy groups -OCH3 is 1. The summed E-state index contributed by atoms with van der Waals surface area (Å²) in [6.07, 6.45) is 0. The highest BCUT2D eigenvalue weighted by Crippen LogP contribution is 2.38. The van der Waals surface area contributed by atoms with Gasteiger partial charge in [-0.15, -0.1) is 0 Å². The van der Waals surface area contributed by atoms with Crippen molar-refractivity contribution in [3.8, 4) is 17.2 Å². The lowest BCUT2D eigenvalue weighted by molar-refractivity contribution is 0.407. The van der Waals surface area contributed by atoms with E-state index in [-0.39, 0.29) is 5.41 Å². The fourth-order valence-electron chi connectivity index (χ4n) is 2.04. The van der Waals surface area contributed by atoms with Crippen LogP contribution in [0.2, 0.25) is 5.02 Å². The first-order valence-electron chi connectivity index (χ1n) is 6.72. The van der Waals surface area contributed by atoms with Gasteiger partial charge < -0.3 is 15.2 Å². The first-order chi connectivity index (χ1) is 9.81. The van der Waals surface area contributed by atoms with E-state index in [9.17, 15) is 0 Å². The molecular weight excluding hydrogens is 286 g/mol. The summed E-state index contributed by atoms with van der Waals surface area (Å²) in [4.78, 5) is 0. The van der Waals surface area contributed by atoms with E-state index in [2.05, 4.69) is 20.8 Å². The molecule has 0 radical (unpaired) electrons. The van der Waals surface area contributed by atoms with E-state index in [0.29, 0.717) is 16.5 Å². The summed E-state index contributed by atoms with van der Waals surface area (Å²) in [5.74, 6) is 2.16. The molecule has 0 saturated heterocycles. The molecule has 0 heterocycles. The molecule has 0 aliphatic rings. The number of halogens is 1. The van der Waals surface area contributed by atoms with Gasteiger partial charge in [-0.25, -0.2) is 0 Å². The smallest absolute Gasteiger partial charge is 0.150 e. The molecule has 0 bridgehead atoms. The van der Waals surface area contributed by atoms with E-state index >= 15 is 0 Å². The van der Waals surface area contributed by atoms with Gasteiger partial charge in [-0.05, 0) is 41.8 Å². The lowest BCUT2D eigenvalue weighted by Crippen LogP contribution is -2.13. The molecule has 0 aliphatic heterocycles. The number of nitrogen functional groups attached to an aromatic ring is 1. The Kier molecular flexibility index (Phi) is 4.33. The lowest BCUT2D eigenvalue weighted by Gasteiger charge is -2.23. The van der Waals surface area contributed by atoms with Crippen molar-refractivity contribution in [3.05, 3.63) is 47.0 Å². The van der Waals surface area contributed by atoms with Crippen molar-refractivity contribution in [1.29, 1.82) is 0 Å². The molecule has 0 spiro atoms. The van der Waals surface area contributed by atoms with Crippen LogP contribution in [0.3, 0.4) is 0 Å². The van der Waals surface area contributed by atoms with Crippen LogP contribution >= 0.6 is 11.6 Å². The summed E-state index contributed by atoms with van der Waals surface area (Å²) in [7, 11) is 1.65. The zero-order chi connectivity index (χ0) is 15.6. The van der Waals surface area contributed by atoms with Gasteiger partial charge in [0.25, 0.3) is 0 Å². The van der Waals surface area contributed by atoms with Crippen molar-refractivity contribution in [1.82, 2.24) is 0 Å². The van der Waals surface area contributed by atoms with Crippen molar-refractivity contribution in [2.24, 2.45) is 0 Å². The SMILES string of the molecule is COc1ccc(Oc2ccc(Cl)cc2N)c(C(C)(C)C)c1. The van der Waals surface area contributed by atoms with Gasteiger partial charge in [0.2, 0.25) is 0 Å². The molecule has 2 aromatic carbocycles. The van der Waals surface area contributed by atoms with Crippen molar-refractivity contribution in [2.45, 2.75) is 26.2 Å². The molecule has 0 saturated carbocycles. The highest BCUT2D eigenvalue weighted by Gasteiger charge is 2.20. The van der Waals surface area contributed by atoms with Gasteiger partial charge >= 0.3 is 0 Å². The zero-order valence-electron chi connectivity index (χ0n) is 12.7. The summed E-state index contributed by atoms with van der Waals surface area (Å²) in [6.45, 7) is 6.37. The lowest BCUT2D eigenvalue weighted by atomic mass is 9.86. The van der Waals surface area contributed by atoms with Crippen LogP contribution in [0.1, 0.15) is 26.3 Å². The Morgan fingerprint density at radius 3 is 2.24 bits per heavy atom. The predicted octanol–water partition coefficient (Wildman–Crippen LogP) is 5.02. The molecule has 2 rings (SSSR count). The van der Waals surface area contributed by atoms with Gasteiger partial charge in [0.15, 0.2) is 0 Å². The molecule has 2 N–H and O–H groups in total. The van der Waals surface area contributed by atoms with Crippen molar-refractivity contribution < 1.29 is 9.47 Å². The minimum atomic E-state index is -0.0783. The van der Waals surface area contributed by atoms with Crippen LogP contribution in [0.15, 0.2) is 36.4 Å². The average molecular weight is 306 g/mol. The molecule has 0 aromatic heterocycles. The van der Waals surface area contributed by atoms with E-state index in [0.717, 1.165) is 17.1 Å². The number of nitrogens with two attached hydrogens (primary N) is 1. The Labute approximate surface area is 130 Å². The number of hydrogen-bond acceptors (Lipinski definition) is 3. The summed E-state index contributed by atoms with van der Waals surface area (Å²) >= 11 is 5.91. The normalized spacial score (nSPS) is 11.3. The van der Waals surface area contributed by atoms with E-state index in [1.165, 1.54) is 0 Å². The van der Waals surface area contributed by atoms with Crippen molar-refractivity contribution in [3.63, 3.8) is 0 Å². The molecule has 0 amide bonds. The van der Waals surface area contributed by atoms with Crippen LogP contribution in [0.25, 0.3) is 0 Å². The number of benzene rings is 2. The summed E-state index contributed by atoms with van der Waals surface area (Å²) in [5, 5.41) is 0.589. The Bertz CT molecular complexity index is 648. The molecule has 3 nitrogen and oxygen atoms in total. The molecule has 0 atom stereocenters. The topological polar surface area (TPSA) is 44.5 Å².